The number of nitrogens with one attached hydrogen (secondary N) is 1. The van der Waals surface area contributed by atoms with Crippen molar-refractivity contribution in [2.24, 2.45) is 0 Å². The van der Waals surface area contributed by atoms with Crippen LogP contribution in [0.25, 0.3) is 10.9 Å². The molecule has 2 N–H and O–H groups in total. The fourth-order valence-corrected chi connectivity index (χ4v) is 4.05. The maximum absolute atomic E-state index is 13.2. The summed E-state index contributed by atoms with van der Waals surface area (Å²) in [5.74, 6) is -1.98. The second kappa shape index (κ2) is 12.6. The van der Waals surface area contributed by atoms with Gasteiger partial charge in [-0.1, -0.05) is 39.3 Å². The molecule has 2 aromatic carbocycles. The van der Waals surface area contributed by atoms with E-state index in [2.05, 4.69) is 33.0 Å². The van der Waals surface area contributed by atoms with Crippen molar-refractivity contribution < 1.29 is 29.0 Å². The summed E-state index contributed by atoms with van der Waals surface area (Å²) in [5.41, 5.74) is 1.40. The van der Waals surface area contributed by atoms with Crippen LogP contribution in [0, 0.1) is 6.92 Å². The molecule has 0 aliphatic rings. The van der Waals surface area contributed by atoms with Gasteiger partial charge in [-0.25, -0.2) is 4.79 Å². The van der Waals surface area contributed by atoms with Gasteiger partial charge in [-0.05, 0) is 49.4 Å². The molecule has 1 heterocycles. The van der Waals surface area contributed by atoms with Crippen molar-refractivity contribution >= 4 is 40.3 Å². The van der Waals surface area contributed by atoms with E-state index in [0.717, 1.165) is 6.92 Å². The van der Waals surface area contributed by atoms with E-state index in [4.69, 9.17) is 21.1 Å². The lowest BCUT2D eigenvalue weighted by Gasteiger charge is -2.14. The number of esters is 1. The van der Waals surface area contributed by atoms with Gasteiger partial charge in [0.2, 0.25) is 6.10 Å². The average molecular weight is 517 g/mol. The SMILES string of the molecule is CC(C)NC(C)C.COc1ccc2c(c1)c(C(OC(C)=O)C(=O)O)c(C)n2C(=O)c1ccc(Cl)cc1. The molecule has 0 amide bonds. The first-order valence-electron chi connectivity index (χ1n) is 11.5. The van der Waals surface area contributed by atoms with Crippen LogP contribution in [-0.4, -0.2) is 46.7 Å². The summed E-state index contributed by atoms with van der Waals surface area (Å²) >= 11 is 5.91. The van der Waals surface area contributed by atoms with Gasteiger partial charge in [0.25, 0.3) is 5.91 Å². The molecule has 1 aromatic heterocycles. The third-order valence-electron chi connectivity index (χ3n) is 5.19. The van der Waals surface area contributed by atoms with E-state index < -0.39 is 18.0 Å². The summed E-state index contributed by atoms with van der Waals surface area (Å²) in [6, 6.07) is 12.5. The minimum Gasteiger partial charge on any atom is -0.497 e. The number of nitrogens with zero attached hydrogens (tertiary/aromatic N) is 1. The molecule has 0 radical (unpaired) electrons. The Morgan fingerprint density at radius 2 is 1.58 bits per heavy atom. The van der Waals surface area contributed by atoms with Crippen molar-refractivity contribution in [3.8, 4) is 5.75 Å². The second-order valence-corrected chi connectivity index (χ2v) is 9.27. The van der Waals surface area contributed by atoms with Gasteiger partial charge in [-0.3, -0.25) is 14.2 Å². The summed E-state index contributed by atoms with van der Waals surface area (Å²) in [5, 5.41) is 13.9. The van der Waals surface area contributed by atoms with Crippen molar-refractivity contribution in [3.05, 3.63) is 64.3 Å². The molecule has 0 aliphatic carbocycles. The normalized spacial score (nSPS) is 11.7. The maximum atomic E-state index is 13.2. The van der Waals surface area contributed by atoms with Gasteiger partial charge in [0, 0.05) is 46.2 Å². The Morgan fingerprint density at radius 3 is 2.03 bits per heavy atom. The summed E-state index contributed by atoms with van der Waals surface area (Å²) in [6.45, 7) is 11.3. The van der Waals surface area contributed by atoms with E-state index >= 15 is 0 Å². The third-order valence-corrected chi connectivity index (χ3v) is 5.44. The maximum Gasteiger partial charge on any atom is 0.349 e. The lowest BCUT2D eigenvalue weighted by atomic mass is 10.0. The number of fused-ring (bicyclic) bond motifs is 1. The Morgan fingerprint density at radius 1 is 1.00 bits per heavy atom. The predicted molar refractivity (Wildman–Crippen MR) is 140 cm³/mol. The van der Waals surface area contributed by atoms with Gasteiger partial charge >= 0.3 is 11.9 Å². The summed E-state index contributed by atoms with van der Waals surface area (Å²) in [7, 11) is 1.48. The Balaban J connectivity index is 0.000000572. The Kier molecular flexibility index (Phi) is 10.1. The van der Waals surface area contributed by atoms with Gasteiger partial charge in [-0.2, -0.15) is 0 Å². The standard InChI is InChI=1S/C21H18ClNO6.C6H15N/c1-11-18(19(21(26)27)29-12(2)24)16-10-15(28-3)8-9-17(16)23(11)20(25)13-4-6-14(22)7-5-13;1-5(2)7-6(3)4/h4-10,19H,1-3H3,(H,26,27);5-7H,1-4H3. The number of benzene rings is 2. The van der Waals surface area contributed by atoms with E-state index in [0.29, 0.717) is 45.0 Å². The molecule has 0 aliphatic heterocycles. The van der Waals surface area contributed by atoms with E-state index in [-0.39, 0.29) is 11.5 Å². The molecule has 0 saturated heterocycles. The van der Waals surface area contributed by atoms with Gasteiger partial charge in [0.05, 0.1) is 12.6 Å². The van der Waals surface area contributed by atoms with Gasteiger partial charge in [0.1, 0.15) is 5.75 Å². The molecule has 1 unspecified atom stereocenters. The van der Waals surface area contributed by atoms with E-state index in [1.165, 1.54) is 11.7 Å². The average Bonchev–Trinajstić information content (AvgIpc) is 3.07. The van der Waals surface area contributed by atoms with E-state index in [1.54, 1.807) is 49.4 Å². The number of aliphatic carboxylic acids is 1. The number of carbonyl (C=O) groups excluding carboxylic acids is 2. The number of hydrogen-bond donors (Lipinski definition) is 2. The van der Waals surface area contributed by atoms with Gasteiger partial charge in [-0.15, -0.1) is 0 Å². The van der Waals surface area contributed by atoms with Crippen LogP contribution >= 0.6 is 11.6 Å². The fraction of sp³-hybridized carbons (Fsp3) is 0.370. The highest BCUT2D eigenvalue weighted by Crippen LogP contribution is 2.35. The molecule has 36 heavy (non-hydrogen) atoms. The lowest BCUT2D eigenvalue weighted by molar-refractivity contribution is -0.163. The van der Waals surface area contributed by atoms with Crippen molar-refractivity contribution in [2.45, 2.75) is 59.7 Å². The summed E-state index contributed by atoms with van der Waals surface area (Å²) in [4.78, 5) is 36.6. The Labute approximate surface area is 216 Å². The fourth-order valence-electron chi connectivity index (χ4n) is 3.93. The van der Waals surface area contributed by atoms with Crippen LogP contribution in [0.5, 0.6) is 5.75 Å². The van der Waals surface area contributed by atoms with Crippen LogP contribution in [0.3, 0.4) is 0 Å². The molecule has 0 saturated carbocycles. The first-order chi connectivity index (χ1) is 16.9. The molecule has 0 spiro atoms. The van der Waals surface area contributed by atoms with Crippen LogP contribution in [0.2, 0.25) is 5.02 Å². The number of aromatic nitrogens is 1. The minimum absolute atomic E-state index is 0.212. The van der Waals surface area contributed by atoms with Gasteiger partial charge < -0.3 is 19.9 Å². The molecule has 3 rings (SSSR count). The molecular weight excluding hydrogens is 484 g/mol. The van der Waals surface area contributed by atoms with E-state index in [1.807, 2.05) is 0 Å². The first kappa shape index (κ1) is 28.9. The number of rotatable bonds is 7. The van der Waals surface area contributed by atoms with E-state index in [9.17, 15) is 19.5 Å². The van der Waals surface area contributed by atoms with Crippen LogP contribution in [0.15, 0.2) is 42.5 Å². The smallest absolute Gasteiger partial charge is 0.349 e. The van der Waals surface area contributed by atoms with Crippen molar-refractivity contribution in [2.75, 3.05) is 7.11 Å². The van der Waals surface area contributed by atoms with Gasteiger partial charge in [0.15, 0.2) is 0 Å². The zero-order valence-corrected chi connectivity index (χ0v) is 22.3. The molecule has 9 heteroatoms. The predicted octanol–water partition coefficient (Wildman–Crippen LogP) is 5.38. The number of halogens is 1. The lowest BCUT2D eigenvalue weighted by Crippen LogP contribution is -2.29. The van der Waals surface area contributed by atoms with Crippen LogP contribution in [-0.2, 0) is 14.3 Å². The largest absolute Gasteiger partial charge is 0.497 e. The monoisotopic (exact) mass is 516 g/mol. The Bertz CT molecular complexity index is 1230. The zero-order valence-electron chi connectivity index (χ0n) is 21.6. The molecule has 0 fully saturated rings. The first-order valence-corrected chi connectivity index (χ1v) is 11.9. The zero-order chi connectivity index (χ0) is 27.2. The summed E-state index contributed by atoms with van der Waals surface area (Å²) < 4.78 is 11.7. The van der Waals surface area contributed by atoms with Crippen LogP contribution in [0.1, 0.15) is 62.3 Å². The molecule has 194 valence electrons. The third kappa shape index (κ3) is 7.08. The summed E-state index contributed by atoms with van der Waals surface area (Å²) in [6.07, 6.45) is -1.57. The molecule has 3 aromatic rings. The molecule has 1 atom stereocenters. The highest BCUT2D eigenvalue weighted by Gasteiger charge is 2.32. The minimum atomic E-state index is -1.57. The molecule has 0 bridgehead atoms. The number of carboxylic acids is 1. The number of methoxy groups -OCH3 is 1. The van der Waals surface area contributed by atoms with Crippen molar-refractivity contribution in [1.82, 2.24) is 9.88 Å². The topological polar surface area (TPSA) is 107 Å². The quantitative estimate of drug-likeness (QED) is 0.406. The number of ether oxygens (including phenoxy) is 2. The number of hydrogen-bond acceptors (Lipinski definition) is 6. The molecule has 8 nitrogen and oxygen atoms in total. The number of carbonyl (C=O) groups is 3. The highest BCUT2D eigenvalue weighted by molar-refractivity contribution is 6.30. The van der Waals surface area contributed by atoms with Crippen molar-refractivity contribution in [1.29, 1.82) is 0 Å². The van der Waals surface area contributed by atoms with Crippen LogP contribution < -0.4 is 10.1 Å². The highest BCUT2D eigenvalue weighted by atomic mass is 35.5. The van der Waals surface area contributed by atoms with Crippen molar-refractivity contribution in [3.63, 3.8) is 0 Å². The Hall–Kier alpha value is -3.36. The van der Waals surface area contributed by atoms with Crippen LogP contribution in [0.4, 0.5) is 0 Å². The number of carboxylic acid groups (broad SMARTS) is 1. The molecular formula is C27H33ClN2O6. The second-order valence-electron chi connectivity index (χ2n) is 8.83.